The van der Waals surface area contributed by atoms with Crippen molar-refractivity contribution < 1.29 is 11.3 Å². The van der Waals surface area contributed by atoms with Gasteiger partial charge in [-0.1, -0.05) is 60.6 Å². The van der Waals surface area contributed by atoms with Crippen LogP contribution in [0.15, 0.2) is 107 Å². The quantitative estimate of drug-likeness (QED) is 0.280. The number of rotatable bonds is 1. The van der Waals surface area contributed by atoms with Gasteiger partial charge in [-0.25, -0.2) is 0 Å². The SMILES string of the molecule is [2H]c1c([2H])c([2H])c(-n2c3ccccc3c3cc4ccc5oc6ccccc6c5c4cc32)c([2H])c1[2H]. The zero-order valence-corrected chi connectivity index (χ0v) is 15.8. The normalized spacial score (nSPS) is 14.3. The highest BCUT2D eigenvalue weighted by molar-refractivity contribution is 6.23. The maximum atomic E-state index is 8.63. The Morgan fingerprint density at radius 3 is 2.33 bits per heavy atom. The van der Waals surface area contributed by atoms with E-state index in [1.807, 2.05) is 60.7 Å². The molecule has 0 unspecified atom stereocenters. The van der Waals surface area contributed by atoms with E-state index in [9.17, 15) is 0 Å². The first-order chi connectivity index (χ1) is 17.0. The molecule has 30 heavy (non-hydrogen) atoms. The molecular weight excluding hydrogens is 366 g/mol. The van der Waals surface area contributed by atoms with Gasteiger partial charge in [-0.05, 0) is 53.2 Å². The highest BCUT2D eigenvalue weighted by atomic mass is 16.3. The van der Waals surface area contributed by atoms with E-state index in [0.29, 0.717) is 0 Å². The zero-order valence-electron chi connectivity index (χ0n) is 20.8. The van der Waals surface area contributed by atoms with Gasteiger partial charge in [-0.15, -0.1) is 0 Å². The molecule has 0 aliphatic rings. The van der Waals surface area contributed by atoms with Crippen LogP contribution in [-0.2, 0) is 0 Å². The highest BCUT2D eigenvalue weighted by Gasteiger charge is 2.16. The molecule has 5 aromatic carbocycles. The van der Waals surface area contributed by atoms with E-state index in [1.165, 1.54) is 0 Å². The fourth-order valence-electron chi connectivity index (χ4n) is 4.61. The van der Waals surface area contributed by atoms with Crippen molar-refractivity contribution in [1.82, 2.24) is 4.57 Å². The Hall–Kier alpha value is -4.04. The molecule has 2 heteroatoms. The largest absolute Gasteiger partial charge is 0.456 e. The number of para-hydroxylation sites is 3. The van der Waals surface area contributed by atoms with E-state index < -0.39 is 6.04 Å². The first-order valence-electron chi connectivity index (χ1n) is 12.3. The van der Waals surface area contributed by atoms with Gasteiger partial charge >= 0.3 is 0 Å². The second-order valence-electron chi connectivity index (χ2n) is 7.45. The summed E-state index contributed by atoms with van der Waals surface area (Å²) in [5.41, 5.74) is 3.29. The highest BCUT2D eigenvalue weighted by Crippen LogP contribution is 2.39. The molecule has 140 valence electrons. The summed E-state index contributed by atoms with van der Waals surface area (Å²) < 4.78 is 49.6. The molecule has 2 aromatic heterocycles. The molecule has 0 aliphatic heterocycles. The van der Waals surface area contributed by atoms with Crippen LogP contribution in [0.25, 0.3) is 60.2 Å². The second-order valence-corrected chi connectivity index (χ2v) is 7.45. The Morgan fingerprint density at radius 1 is 0.633 bits per heavy atom. The molecule has 7 rings (SSSR count). The van der Waals surface area contributed by atoms with Crippen LogP contribution >= 0.6 is 0 Å². The lowest BCUT2D eigenvalue weighted by atomic mass is 10.0. The van der Waals surface area contributed by atoms with Crippen LogP contribution in [0.3, 0.4) is 0 Å². The van der Waals surface area contributed by atoms with Gasteiger partial charge in [0.2, 0.25) is 0 Å². The molecule has 2 nitrogen and oxygen atoms in total. The molecule has 0 saturated carbocycles. The summed E-state index contributed by atoms with van der Waals surface area (Å²) in [5.74, 6) is 0. The van der Waals surface area contributed by atoms with Crippen LogP contribution < -0.4 is 0 Å². The summed E-state index contributed by atoms with van der Waals surface area (Å²) >= 11 is 0. The molecule has 0 amide bonds. The first kappa shape index (κ1) is 11.8. The van der Waals surface area contributed by atoms with Gasteiger partial charge in [0, 0.05) is 27.2 Å². The molecule has 0 fully saturated rings. The Kier molecular flexibility index (Phi) is 2.27. The van der Waals surface area contributed by atoms with Crippen molar-refractivity contribution in [3.8, 4) is 5.69 Å². The Morgan fingerprint density at radius 2 is 1.43 bits per heavy atom. The monoisotopic (exact) mass is 388 g/mol. The van der Waals surface area contributed by atoms with Gasteiger partial charge in [0.05, 0.1) is 17.9 Å². The Bertz CT molecular complexity index is 1990. The maximum absolute atomic E-state index is 8.63. The van der Waals surface area contributed by atoms with Gasteiger partial charge in [0.15, 0.2) is 0 Å². The van der Waals surface area contributed by atoms with Crippen LogP contribution in [0.1, 0.15) is 6.85 Å². The summed E-state index contributed by atoms with van der Waals surface area (Å²) in [7, 11) is 0. The molecule has 0 spiro atoms. The molecule has 0 N–H and O–H groups in total. The van der Waals surface area contributed by atoms with Gasteiger partial charge in [0.1, 0.15) is 11.2 Å². The van der Waals surface area contributed by atoms with E-state index in [0.717, 1.165) is 54.5 Å². The average molecular weight is 388 g/mol. The lowest BCUT2D eigenvalue weighted by Gasteiger charge is -2.08. The summed E-state index contributed by atoms with van der Waals surface area (Å²) in [6.07, 6.45) is 0. The number of furan rings is 1. The van der Waals surface area contributed by atoms with Gasteiger partial charge in [-0.2, -0.15) is 0 Å². The third-order valence-electron chi connectivity index (χ3n) is 5.86. The van der Waals surface area contributed by atoms with E-state index in [4.69, 9.17) is 11.3 Å². The minimum Gasteiger partial charge on any atom is -0.456 e. The van der Waals surface area contributed by atoms with Crippen molar-refractivity contribution in [2.24, 2.45) is 0 Å². The number of aromatic nitrogens is 1. The standard InChI is InChI=1S/C28H17NO/c1-2-8-19(9-3-1)29-24-12-6-4-10-20(24)23-16-18-14-15-27-28(22(18)17-25(23)29)21-11-5-7-13-26(21)30-27/h1-17H/i1D,2D,3D,8D,9D. The second kappa shape index (κ2) is 5.74. The minimum atomic E-state index is -0.401. The third-order valence-corrected chi connectivity index (χ3v) is 5.86. The van der Waals surface area contributed by atoms with E-state index in [1.54, 1.807) is 4.57 Å². The topological polar surface area (TPSA) is 18.1 Å². The van der Waals surface area contributed by atoms with E-state index >= 15 is 0 Å². The predicted octanol–water partition coefficient (Wildman–Crippen LogP) is 7.84. The minimum absolute atomic E-state index is 0.144. The lowest BCUT2D eigenvalue weighted by Crippen LogP contribution is -1.92. The zero-order chi connectivity index (χ0) is 24.0. The molecule has 7 aromatic rings. The number of hydrogen-bond acceptors (Lipinski definition) is 1. The van der Waals surface area contributed by atoms with Crippen LogP contribution in [-0.4, -0.2) is 4.57 Å². The van der Waals surface area contributed by atoms with E-state index in [2.05, 4.69) is 12.1 Å². The molecule has 0 atom stereocenters. The predicted molar refractivity (Wildman–Crippen MR) is 126 cm³/mol. The maximum Gasteiger partial charge on any atom is 0.136 e. The molecule has 2 heterocycles. The Labute approximate surface area is 179 Å². The molecule has 0 bridgehead atoms. The molecule has 0 aliphatic carbocycles. The fraction of sp³-hybridized carbons (Fsp3) is 0. The smallest absolute Gasteiger partial charge is 0.136 e. The van der Waals surface area contributed by atoms with E-state index in [-0.39, 0.29) is 29.9 Å². The number of nitrogens with zero attached hydrogens (tertiary/aromatic N) is 1. The summed E-state index contributed by atoms with van der Waals surface area (Å²) in [4.78, 5) is 0. The third kappa shape index (κ3) is 2.03. The first-order valence-corrected chi connectivity index (χ1v) is 9.80. The average Bonchev–Trinajstić information content (AvgIpc) is 3.41. The van der Waals surface area contributed by atoms with Gasteiger partial charge in [0.25, 0.3) is 0 Å². The van der Waals surface area contributed by atoms with Crippen LogP contribution in [0.5, 0.6) is 0 Å². The van der Waals surface area contributed by atoms with Crippen molar-refractivity contribution >= 4 is 54.5 Å². The molecule has 0 saturated heterocycles. The summed E-state index contributed by atoms with van der Waals surface area (Å²) in [6, 6.07) is 22.3. The molecular formula is C28H17NO. The molecule has 0 radical (unpaired) electrons. The lowest BCUT2D eigenvalue weighted by molar-refractivity contribution is 0.669. The van der Waals surface area contributed by atoms with Crippen molar-refractivity contribution in [2.75, 3.05) is 0 Å². The van der Waals surface area contributed by atoms with Crippen molar-refractivity contribution in [3.05, 3.63) is 103 Å². The van der Waals surface area contributed by atoms with Gasteiger partial charge < -0.3 is 8.98 Å². The van der Waals surface area contributed by atoms with Crippen molar-refractivity contribution in [2.45, 2.75) is 0 Å². The van der Waals surface area contributed by atoms with Crippen LogP contribution in [0, 0.1) is 0 Å². The number of hydrogen-bond donors (Lipinski definition) is 0. The summed E-state index contributed by atoms with van der Waals surface area (Å²) in [5, 5.41) is 5.94. The van der Waals surface area contributed by atoms with Gasteiger partial charge in [-0.3, -0.25) is 0 Å². The van der Waals surface area contributed by atoms with Crippen LogP contribution in [0.2, 0.25) is 0 Å². The Balaban J connectivity index is 1.73. The summed E-state index contributed by atoms with van der Waals surface area (Å²) in [6.45, 7) is 0. The fourth-order valence-corrected chi connectivity index (χ4v) is 4.61. The van der Waals surface area contributed by atoms with Crippen molar-refractivity contribution in [1.29, 1.82) is 0 Å². The number of fused-ring (bicyclic) bond motifs is 8. The van der Waals surface area contributed by atoms with Crippen molar-refractivity contribution in [3.63, 3.8) is 0 Å². The number of benzene rings is 5. The van der Waals surface area contributed by atoms with Crippen LogP contribution in [0.4, 0.5) is 0 Å².